The largest absolute Gasteiger partial charge is 0.398 e. The summed E-state index contributed by atoms with van der Waals surface area (Å²) in [5, 5.41) is 0. The summed E-state index contributed by atoms with van der Waals surface area (Å²) >= 11 is 0. The Morgan fingerprint density at radius 1 is 1.38 bits per heavy atom. The van der Waals surface area contributed by atoms with E-state index < -0.39 is 0 Å². The maximum Gasteiger partial charge on any atom is 0.312 e. The standard InChI is InChI=1S/C15H17NO.CH3NO2/c1-2-11-8-9-13(10-14(11)16)15(17)12-6-4-3-5-7-12;2-4-1-3/h4,6-10H,2-3,5,16H2,1H3;1H,2H2. The number of nitrogens with two attached hydrogens (primary N) is 2. The predicted molar refractivity (Wildman–Crippen MR) is 82.4 cm³/mol. The first-order valence-electron chi connectivity index (χ1n) is 6.73. The molecule has 0 bridgehead atoms. The number of ketones is 1. The third kappa shape index (κ3) is 4.89. The Hall–Kier alpha value is -2.40. The number of hydrogen-bond acceptors (Lipinski definition) is 5. The number of rotatable bonds is 4. The summed E-state index contributed by atoms with van der Waals surface area (Å²) in [6.07, 6.45) is 8.79. The molecule has 0 radical (unpaired) electrons. The first-order chi connectivity index (χ1) is 10.1. The molecule has 1 aromatic carbocycles. The molecule has 1 aliphatic carbocycles. The van der Waals surface area contributed by atoms with Crippen molar-refractivity contribution in [2.75, 3.05) is 5.73 Å². The lowest BCUT2D eigenvalue weighted by atomic mass is 9.96. The van der Waals surface area contributed by atoms with Crippen LogP contribution in [-0.2, 0) is 16.1 Å². The summed E-state index contributed by atoms with van der Waals surface area (Å²) < 4.78 is 0. The van der Waals surface area contributed by atoms with Crippen LogP contribution in [0.2, 0.25) is 0 Å². The zero-order chi connectivity index (χ0) is 15.7. The monoisotopic (exact) mass is 288 g/mol. The molecule has 0 amide bonds. The van der Waals surface area contributed by atoms with E-state index >= 15 is 0 Å². The highest BCUT2D eigenvalue weighted by molar-refractivity contribution is 6.11. The predicted octanol–water partition coefficient (Wildman–Crippen LogP) is 2.32. The van der Waals surface area contributed by atoms with E-state index in [1.54, 1.807) is 6.07 Å². The van der Waals surface area contributed by atoms with Crippen molar-refractivity contribution in [2.45, 2.75) is 26.2 Å². The number of carbonyl (C=O) groups is 2. The summed E-state index contributed by atoms with van der Waals surface area (Å²) in [7, 11) is 0. The third-order valence-corrected chi connectivity index (χ3v) is 3.10. The molecule has 4 N–H and O–H groups in total. The van der Waals surface area contributed by atoms with E-state index in [0.717, 1.165) is 30.4 Å². The highest BCUT2D eigenvalue weighted by Gasteiger charge is 2.12. The van der Waals surface area contributed by atoms with Crippen LogP contribution in [0.1, 0.15) is 35.7 Å². The molecule has 0 atom stereocenters. The molecule has 1 aliphatic rings. The Bertz CT molecular complexity index is 563. The molecule has 21 heavy (non-hydrogen) atoms. The van der Waals surface area contributed by atoms with Crippen molar-refractivity contribution in [3.05, 3.63) is 53.1 Å². The SMILES string of the molecule is CCc1ccc(C(=O)C2=CCCC=C2)cc1N.NOC=O. The van der Waals surface area contributed by atoms with Gasteiger partial charge in [0.25, 0.3) is 0 Å². The van der Waals surface area contributed by atoms with E-state index in [9.17, 15) is 4.79 Å². The molecule has 0 spiro atoms. The van der Waals surface area contributed by atoms with E-state index in [-0.39, 0.29) is 12.3 Å². The van der Waals surface area contributed by atoms with Gasteiger partial charge in [0, 0.05) is 16.8 Å². The lowest BCUT2D eigenvalue weighted by molar-refractivity contribution is -0.129. The van der Waals surface area contributed by atoms with E-state index in [1.807, 2.05) is 30.4 Å². The van der Waals surface area contributed by atoms with Crippen LogP contribution in [0.15, 0.2) is 42.0 Å². The van der Waals surface area contributed by atoms with Crippen molar-refractivity contribution in [1.29, 1.82) is 0 Å². The van der Waals surface area contributed by atoms with Gasteiger partial charge in [-0.3, -0.25) is 9.59 Å². The molecule has 0 aliphatic heterocycles. The molecular weight excluding hydrogens is 268 g/mol. The molecule has 0 saturated heterocycles. The van der Waals surface area contributed by atoms with Crippen LogP contribution in [0.5, 0.6) is 0 Å². The number of benzene rings is 1. The van der Waals surface area contributed by atoms with E-state index in [0.29, 0.717) is 11.3 Å². The van der Waals surface area contributed by atoms with Gasteiger partial charge in [-0.2, -0.15) is 5.90 Å². The van der Waals surface area contributed by atoms with Gasteiger partial charge in [-0.05, 0) is 30.9 Å². The average molecular weight is 288 g/mol. The van der Waals surface area contributed by atoms with Gasteiger partial charge >= 0.3 is 6.47 Å². The molecule has 5 heteroatoms. The maximum absolute atomic E-state index is 12.2. The minimum Gasteiger partial charge on any atom is -0.398 e. The number of anilines is 1. The van der Waals surface area contributed by atoms with Gasteiger partial charge < -0.3 is 10.6 Å². The fraction of sp³-hybridized carbons (Fsp3) is 0.250. The van der Waals surface area contributed by atoms with Crippen molar-refractivity contribution in [3.63, 3.8) is 0 Å². The second-order valence-electron chi connectivity index (χ2n) is 4.47. The molecule has 0 aromatic heterocycles. The fourth-order valence-corrected chi connectivity index (χ4v) is 2.01. The van der Waals surface area contributed by atoms with Crippen LogP contribution in [-0.4, -0.2) is 12.3 Å². The Kier molecular flexibility index (Phi) is 6.91. The zero-order valence-corrected chi connectivity index (χ0v) is 12.0. The molecular formula is C16H20N2O3. The quantitative estimate of drug-likeness (QED) is 0.383. The summed E-state index contributed by atoms with van der Waals surface area (Å²) in [4.78, 5) is 24.4. The summed E-state index contributed by atoms with van der Waals surface area (Å²) in [5.41, 5.74) is 9.16. The summed E-state index contributed by atoms with van der Waals surface area (Å²) in [6, 6.07) is 5.58. The third-order valence-electron chi connectivity index (χ3n) is 3.10. The highest BCUT2D eigenvalue weighted by Crippen LogP contribution is 2.20. The Morgan fingerprint density at radius 3 is 2.57 bits per heavy atom. The second kappa shape index (κ2) is 8.71. The zero-order valence-electron chi connectivity index (χ0n) is 12.0. The molecule has 112 valence electrons. The molecule has 0 fully saturated rings. The van der Waals surface area contributed by atoms with Gasteiger partial charge in [-0.15, -0.1) is 0 Å². The first kappa shape index (κ1) is 16.7. The Balaban J connectivity index is 0.000000491. The maximum atomic E-state index is 12.2. The summed E-state index contributed by atoms with van der Waals surface area (Å²) in [6.45, 7) is 2.21. The van der Waals surface area contributed by atoms with E-state index in [1.165, 1.54) is 0 Å². The lowest BCUT2D eigenvalue weighted by Crippen LogP contribution is -2.05. The molecule has 2 rings (SSSR count). The number of Topliss-reactive ketones (excluding diaryl/α,β-unsaturated/α-hetero) is 1. The van der Waals surface area contributed by atoms with Crippen LogP contribution < -0.4 is 11.6 Å². The number of aryl methyl sites for hydroxylation is 1. The smallest absolute Gasteiger partial charge is 0.312 e. The van der Waals surface area contributed by atoms with Gasteiger partial charge in [-0.1, -0.05) is 37.3 Å². The molecule has 5 nitrogen and oxygen atoms in total. The number of carbonyl (C=O) groups excluding carboxylic acids is 2. The van der Waals surface area contributed by atoms with Gasteiger partial charge in [0.15, 0.2) is 5.78 Å². The normalized spacial score (nSPS) is 12.8. The van der Waals surface area contributed by atoms with Gasteiger partial charge in [0.2, 0.25) is 0 Å². The minimum absolute atomic E-state index is 0.0651. The highest BCUT2D eigenvalue weighted by atomic mass is 16.6. The average Bonchev–Trinajstić information content (AvgIpc) is 2.55. The number of hydrogen-bond donors (Lipinski definition) is 2. The van der Waals surface area contributed by atoms with Gasteiger partial charge in [0.1, 0.15) is 0 Å². The Labute approximate surface area is 124 Å². The first-order valence-corrected chi connectivity index (χ1v) is 6.73. The van der Waals surface area contributed by atoms with Crippen molar-refractivity contribution >= 4 is 17.9 Å². The molecule has 0 saturated carbocycles. The molecule has 0 heterocycles. The topological polar surface area (TPSA) is 95.4 Å². The van der Waals surface area contributed by atoms with Crippen LogP contribution >= 0.6 is 0 Å². The lowest BCUT2D eigenvalue weighted by Gasteiger charge is -2.08. The number of allylic oxidation sites excluding steroid dienone is 4. The van der Waals surface area contributed by atoms with Crippen molar-refractivity contribution in [1.82, 2.24) is 0 Å². The Morgan fingerprint density at radius 2 is 2.10 bits per heavy atom. The van der Waals surface area contributed by atoms with E-state index in [4.69, 9.17) is 10.5 Å². The van der Waals surface area contributed by atoms with Gasteiger partial charge in [-0.25, -0.2) is 0 Å². The second-order valence-corrected chi connectivity index (χ2v) is 4.47. The van der Waals surface area contributed by atoms with E-state index in [2.05, 4.69) is 17.7 Å². The fourth-order valence-electron chi connectivity index (χ4n) is 2.01. The van der Waals surface area contributed by atoms with Crippen LogP contribution in [0.4, 0.5) is 5.69 Å². The van der Waals surface area contributed by atoms with Crippen molar-refractivity contribution in [3.8, 4) is 0 Å². The van der Waals surface area contributed by atoms with Crippen LogP contribution in [0.3, 0.4) is 0 Å². The van der Waals surface area contributed by atoms with Crippen molar-refractivity contribution < 1.29 is 14.4 Å². The number of nitrogen functional groups attached to an aromatic ring is 1. The van der Waals surface area contributed by atoms with Gasteiger partial charge in [0.05, 0.1) is 0 Å². The molecule has 1 aromatic rings. The van der Waals surface area contributed by atoms with Crippen LogP contribution in [0, 0.1) is 0 Å². The van der Waals surface area contributed by atoms with Crippen molar-refractivity contribution in [2.24, 2.45) is 5.90 Å². The summed E-state index contributed by atoms with van der Waals surface area (Å²) in [5.74, 6) is 4.22. The molecule has 0 unspecified atom stereocenters. The van der Waals surface area contributed by atoms with Crippen LogP contribution in [0.25, 0.3) is 0 Å². The minimum atomic E-state index is 0.0651.